The number of fused-ring (bicyclic) bond motifs is 1. The molecule has 5 heteroatoms. The SMILES string of the molecule is NCCOc1cccc2[nH]c(=O)oc12. The fourth-order valence-electron chi connectivity index (χ4n) is 1.23. The van der Waals surface area contributed by atoms with Gasteiger partial charge in [-0.3, -0.25) is 4.98 Å². The van der Waals surface area contributed by atoms with Crippen molar-refractivity contribution in [1.29, 1.82) is 0 Å². The molecule has 2 rings (SSSR count). The lowest BCUT2D eigenvalue weighted by Gasteiger charge is -2.03. The van der Waals surface area contributed by atoms with E-state index in [0.29, 0.717) is 30.0 Å². The van der Waals surface area contributed by atoms with Gasteiger partial charge in [0.15, 0.2) is 11.3 Å². The molecule has 0 saturated carbocycles. The normalized spacial score (nSPS) is 10.6. The number of H-pyrrole nitrogens is 1. The average Bonchev–Trinajstić information content (AvgIpc) is 2.55. The first kappa shape index (κ1) is 8.83. The van der Waals surface area contributed by atoms with Gasteiger partial charge in [-0.25, -0.2) is 4.79 Å². The molecule has 74 valence electrons. The van der Waals surface area contributed by atoms with Crippen LogP contribution < -0.4 is 16.2 Å². The number of aromatic nitrogens is 1. The molecule has 1 aromatic heterocycles. The van der Waals surface area contributed by atoms with E-state index < -0.39 is 5.76 Å². The number of oxazole rings is 1. The average molecular weight is 194 g/mol. The van der Waals surface area contributed by atoms with Crippen molar-refractivity contribution in [2.24, 2.45) is 5.73 Å². The summed E-state index contributed by atoms with van der Waals surface area (Å²) in [5.41, 5.74) is 6.37. The zero-order valence-electron chi connectivity index (χ0n) is 7.45. The number of rotatable bonds is 3. The van der Waals surface area contributed by atoms with Gasteiger partial charge in [-0.15, -0.1) is 0 Å². The molecule has 0 aliphatic heterocycles. The van der Waals surface area contributed by atoms with Gasteiger partial charge in [-0.2, -0.15) is 0 Å². The maximum atomic E-state index is 10.9. The van der Waals surface area contributed by atoms with E-state index in [-0.39, 0.29) is 0 Å². The second kappa shape index (κ2) is 3.55. The third kappa shape index (κ3) is 1.49. The van der Waals surface area contributed by atoms with Gasteiger partial charge in [0.2, 0.25) is 0 Å². The molecule has 0 radical (unpaired) electrons. The number of para-hydroxylation sites is 1. The van der Waals surface area contributed by atoms with Crippen LogP contribution in [-0.2, 0) is 0 Å². The fraction of sp³-hybridized carbons (Fsp3) is 0.222. The molecule has 0 aliphatic rings. The van der Waals surface area contributed by atoms with Crippen LogP contribution in [0.1, 0.15) is 0 Å². The third-order valence-electron chi connectivity index (χ3n) is 1.79. The lowest BCUT2D eigenvalue weighted by Crippen LogP contribution is -2.10. The van der Waals surface area contributed by atoms with Crippen LogP contribution >= 0.6 is 0 Å². The van der Waals surface area contributed by atoms with Gasteiger partial charge in [0.25, 0.3) is 0 Å². The summed E-state index contributed by atoms with van der Waals surface area (Å²) in [4.78, 5) is 13.5. The number of benzene rings is 1. The minimum Gasteiger partial charge on any atom is -0.488 e. The molecular weight excluding hydrogens is 184 g/mol. The molecule has 0 fully saturated rings. The first-order valence-corrected chi connectivity index (χ1v) is 4.26. The first-order chi connectivity index (χ1) is 6.81. The molecule has 0 bridgehead atoms. The predicted molar refractivity (Wildman–Crippen MR) is 51.4 cm³/mol. The standard InChI is InChI=1S/C9H10N2O3/c10-4-5-13-7-3-1-2-6-8(7)14-9(12)11-6/h1-3H,4-5,10H2,(H,11,12). The van der Waals surface area contributed by atoms with Crippen LogP contribution in [0.4, 0.5) is 0 Å². The molecule has 0 aliphatic carbocycles. The second-order valence-corrected chi connectivity index (χ2v) is 2.78. The topological polar surface area (TPSA) is 81.2 Å². The smallest absolute Gasteiger partial charge is 0.417 e. The summed E-state index contributed by atoms with van der Waals surface area (Å²) < 4.78 is 10.2. The van der Waals surface area contributed by atoms with Gasteiger partial charge in [-0.05, 0) is 12.1 Å². The number of nitrogens with two attached hydrogens (primary N) is 1. The number of ether oxygens (including phenoxy) is 1. The summed E-state index contributed by atoms with van der Waals surface area (Å²) >= 11 is 0. The van der Waals surface area contributed by atoms with Crippen molar-refractivity contribution in [3.8, 4) is 5.75 Å². The van der Waals surface area contributed by atoms with Crippen molar-refractivity contribution in [3.05, 3.63) is 28.7 Å². The van der Waals surface area contributed by atoms with Crippen LogP contribution in [-0.4, -0.2) is 18.1 Å². The highest BCUT2D eigenvalue weighted by atomic mass is 16.5. The number of hydrogen-bond donors (Lipinski definition) is 2. The van der Waals surface area contributed by atoms with E-state index >= 15 is 0 Å². The summed E-state index contributed by atoms with van der Waals surface area (Å²) in [5.74, 6) is 0.0510. The molecule has 3 N–H and O–H groups in total. The monoisotopic (exact) mass is 194 g/mol. The molecular formula is C9H10N2O3. The Balaban J connectivity index is 2.47. The van der Waals surface area contributed by atoms with E-state index in [1.165, 1.54) is 0 Å². The molecule has 2 aromatic rings. The number of nitrogens with one attached hydrogen (secondary N) is 1. The van der Waals surface area contributed by atoms with E-state index in [9.17, 15) is 4.79 Å². The summed E-state index contributed by atoms with van der Waals surface area (Å²) in [7, 11) is 0. The van der Waals surface area contributed by atoms with Crippen LogP contribution in [0.15, 0.2) is 27.4 Å². The van der Waals surface area contributed by atoms with Crippen molar-refractivity contribution >= 4 is 11.1 Å². The molecule has 1 aromatic carbocycles. The Hall–Kier alpha value is -1.75. The highest BCUT2D eigenvalue weighted by Crippen LogP contribution is 2.22. The van der Waals surface area contributed by atoms with Crippen molar-refractivity contribution in [2.45, 2.75) is 0 Å². The molecule has 5 nitrogen and oxygen atoms in total. The van der Waals surface area contributed by atoms with E-state index in [0.717, 1.165) is 0 Å². The van der Waals surface area contributed by atoms with Gasteiger partial charge in [0.05, 0.1) is 5.52 Å². The Kier molecular flexibility index (Phi) is 2.24. The van der Waals surface area contributed by atoms with Gasteiger partial charge < -0.3 is 14.9 Å². The van der Waals surface area contributed by atoms with E-state index in [1.807, 2.05) is 0 Å². The summed E-state index contributed by atoms with van der Waals surface area (Å²) in [5, 5.41) is 0. The maximum absolute atomic E-state index is 10.9. The quantitative estimate of drug-likeness (QED) is 0.743. The van der Waals surface area contributed by atoms with E-state index in [2.05, 4.69) is 4.98 Å². The minimum atomic E-state index is -0.483. The highest BCUT2D eigenvalue weighted by molar-refractivity contribution is 5.78. The first-order valence-electron chi connectivity index (χ1n) is 4.26. The Morgan fingerprint density at radius 3 is 3.14 bits per heavy atom. The molecule has 0 saturated heterocycles. The number of aromatic amines is 1. The van der Waals surface area contributed by atoms with E-state index in [1.54, 1.807) is 18.2 Å². The van der Waals surface area contributed by atoms with Crippen LogP contribution in [0, 0.1) is 0 Å². The Labute approximate surface area is 79.5 Å². The highest BCUT2D eigenvalue weighted by Gasteiger charge is 2.06. The van der Waals surface area contributed by atoms with Gasteiger partial charge in [0.1, 0.15) is 6.61 Å². The molecule has 0 unspecified atom stereocenters. The molecule has 14 heavy (non-hydrogen) atoms. The van der Waals surface area contributed by atoms with Crippen LogP contribution in [0.2, 0.25) is 0 Å². The van der Waals surface area contributed by atoms with Crippen LogP contribution in [0.3, 0.4) is 0 Å². The van der Waals surface area contributed by atoms with E-state index in [4.69, 9.17) is 14.9 Å². The lowest BCUT2D eigenvalue weighted by atomic mass is 10.3. The predicted octanol–water partition coefficient (Wildman–Crippen LogP) is 0.459. The molecule has 1 heterocycles. The maximum Gasteiger partial charge on any atom is 0.417 e. The second-order valence-electron chi connectivity index (χ2n) is 2.78. The lowest BCUT2D eigenvalue weighted by molar-refractivity contribution is 0.326. The summed E-state index contributed by atoms with van der Waals surface area (Å²) in [6, 6.07) is 5.25. The summed E-state index contributed by atoms with van der Waals surface area (Å²) in [6.07, 6.45) is 0. The zero-order chi connectivity index (χ0) is 9.97. The number of hydrogen-bond acceptors (Lipinski definition) is 4. The van der Waals surface area contributed by atoms with Gasteiger partial charge in [0, 0.05) is 6.54 Å². The molecule has 0 amide bonds. The minimum absolute atomic E-state index is 0.397. The van der Waals surface area contributed by atoms with Crippen molar-refractivity contribution < 1.29 is 9.15 Å². The van der Waals surface area contributed by atoms with Gasteiger partial charge in [-0.1, -0.05) is 6.07 Å². The van der Waals surface area contributed by atoms with Crippen molar-refractivity contribution in [1.82, 2.24) is 4.98 Å². The van der Waals surface area contributed by atoms with Gasteiger partial charge >= 0.3 is 5.76 Å². The molecule has 0 atom stereocenters. The van der Waals surface area contributed by atoms with Crippen molar-refractivity contribution in [2.75, 3.05) is 13.2 Å². The zero-order valence-corrected chi connectivity index (χ0v) is 7.45. The Morgan fingerprint density at radius 1 is 1.50 bits per heavy atom. The van der Waals surface area contributed by atoms with Crippen LogP contribution in [0.5, 0.6) is 5.75 Å². The Bertz CT molecular complexity index is 486. The molecule has 0 spiro atoms. The fourth-order valence-corrected chi connectivity index (χ4v) is 1.23. The van der Waals surface area contributed by atoms with Crippen molar-refractivity contribution in [3.63, 3.8) is 0 Å². The largest absolute Gasteiger partial charge is 0.488 e. The summed E-state index contributed by atoms with van der Waals surface area (Å²) in [6.45, 7) is 0.818. The Morgan fingerprint density at radius 2 is 2.36 bits per heavy atom. The third-order valence-corrected chi connectivity index (χ3v) is 1.79. The van der Waals surface area contributed by atoms with Crippen LogP contribution in [0.25, 0.3) is 11.1 Å².